The Morgan fingerprint density at radius 3 is 2.22 bits per heavy atom. The minimum atomic E-state index is -3.77. The molecule has 0 aliphatic carbocycles. The van der Waals surface area contributed by atoms with Crippen LogP contribution in [0.2, 0.25) is 5.02 Å². The van der Waals surface area contributed by atoms with E-state index < -0.39 is 27.6 Å². The molecule has 11 heteroatoms. The highest BCUT2D eigenvalue weighted by atomic mass is 35.5. The molecule has 2 aliphatic heterocycles. The third kappa shape index (κ3) is 4.63. The standard InChI is InChI=1S/C34H27ClFN5O3S/c1-19(2)21-11-15-23(16-12-21)45(43,44)24-17-13-22(14-18-24)41-32-29(20(3)39-41)31(30-25(35)7-6-8-26(30)36)40-28-10-5-4-9-27(28)37-34(42)33(40)38-32/h4-19,31H,1-3H3,(H,37,42)/t31-/m0/s1. The van der Waals surface area contributed by atoms with E-state index in [2.05, 4.69) is 5.32 Å². The van der Waals surface area contributed by atoms with Crippen molar-refractivity contribution in [2.45, 2.75) is 42.5 Å². The minimum Gasteiger partial charge on any atom is -0.317 e. The monoisotopic (exact) mass is 639 g/mol. The fraction of sp³-hybridized carbons (Fsp3) is 0.147. The average molecular weight is 640 g/mol. The van der Waals surface area contributed by atoms with Crippen molar-refractivity contribution in [1.29, 1.82) is 0 Å². The lowest BCUT2D eigenvalue weighted by atomic mass is 9.92. The largest absolute Gasteiger partial charge is 0.317 e. The Kier molecular flexibility index (Phi) is 6.87. The van der Waals surface area contributed by atoms with Gasteiger partial charge in [0.15, 0.2) is 5.82 Å². The molecule has 1 N–H and O–H groups in total. The summed E-state index contributed by atoms with van der Waals surface area (Å²) in [5.41, 5.74) is 4.05. The maximum Gasteiger partial charge on any atom is 0.291 e. The van der Waals surface area contributed by atoms with Gasteiger partial charge in [-0.2, -0.15) is 5.10 Å². The molecule has 7 rings (SSSR count). The summed E-state index contributed by atoms with van der Waals surface area (Å²) in [5.74, 6) is -0.352. The first-order valence-corrected chi connectivity index (χ1v) is 16.2. The predicted octanol–water partition coefficient (Wildman–Crippen LogP) is 7.52. The Morgan fingerprint density at radius 1 is 0.889 bits per heavy atom. The fourth-order valence-corrected chi connectivity index (χ4v) is 7.43. The zero-order valence-electron chi connectivity index (χ0n) is 24.5. The van der Waals surface area contributed by atoms with Crippen LogP contribution in [0, 0.1) is 12.7 Å². The van der Waals surface area contributed by atoms with Gasteiger partial charge in [-0.25, -0.2) is 22.5 Å². The Bertz CT molecular complexity index is 2120. The predicted molar refractivity (Wildman–Crippen MR) is 172 cm³/mol. The molecule has 0 unspecified atom stereocenters. The van der Waals surface area contributed by atoms with Crippen LogP contribution >= 0.6 is 11.6 Å². The summed E-state index contributed by atoms with van der Waals surface area (Å²) in [6.45, 7) is 5.88. The SMILES string of the molecule is Cc1nn(-c2ccc(S(=O)(=O)c3ccc(C(C)C)cc3)cc2)c2c1[C@@H](c1c(F)cccc1Cl)N1C(=N2)C(=O)Nc2ccccc21. The lowest BCUT2D eigenvalue weighted by molar-refractivity contribution is -0.110. The van der Waals surface area contributed by atoms with Crippen LogP contribution in [-0.2, 0) is 14.6 Å². The van der Waals surface area contributed by atoms with Gasteiger partial charge in [0.25, 0.3) is 5.91 Å². The number of hydrogen-bond acceptors (Lipinski definition) is 6. The van der Waals surface area contributed by atoms with Crippen molar-refractivity contribution < 1.29 is 17.6 Å². The first kappa shape index (κ1) is 28.9. The van der Waals surface area contributed by atoms with Crippen LogP contribution in [-0.4, -0.2) is 29.9 Å². The van der Waals surface area contributed by atoms with Gasteiger partial charge in [-0.15, -0.1) is 0 Å². The van der Waals surface area contributed by atoms with Gasteiger partial charge in [0.1, 0.15) is 5.82 Å². The van der Waals surface area contributed by atoms with Crippen molar-refractivity contribution in [2.24, 2.45) is 4.99 Å². The topological polar surface area (TPSA) is 96.7 Å². The second kappa shape index (κ2) is 10.7. The summed E-state index contributed by atoms with van der Waals surface area (Å²) in [7, 11) is -3.77. The van der Waals surface area contributed by atoms with E-state index in [-0.39, 0.29) is 32.1 Å². The van der Waals surface area contributed by atoms with Crippen molar-refractivity contribution in [3.05, 3.63) is 124 Å². The first-order chi connectivity index (χ1) is 21.6. The zero-order chi connectivity index (χ0) is 31.6. The molecule has 2 aliphatic rings. The molecule has 8 nitrogen and oxygen atoms in total. The van der Waals surface area contributed by atoms with Gasteiger partial charge in [0.05, 0.1) is 38.6 Å². The number of sulfone groups is 1. The summed E-state index contributed by atoms with van der Waals surface area (Å²) in [6, 6.07) is 24.0. The van der Waals surface area contributed by atoms with Crippen molar-refractivity contribution in [3.8, 4) is 5.69 Å². The van der Waals surface area contributed by atoms with E-state index in [0.29, 0.717) is 34.1 Å². The number of para-hydroxylation sites is 2. The molecule has 1 aromatic heterocycles. The third-order valence-electron chi connectivity index (χ3n) is 8.19. The molecular weight excluding hydrogens is 613 g/mol. The number of hydrogen-bond donors (Lipinski definition) is 1. The Labute approximate surface area is 264 Å². The summed E-state index contributed by atoms with van der Waals surface area (Å²) in [5, 5.41) is 7.81. The minimum absolute atomic E-state index is 0.0516. The fourth-order valence-electron chi connectivity index (χ4n) is 5.90. The van der Waals surface area contributed by atoms with Gasteiger partial charge >= 0.3 is 0 Å². The number of rotatable bonds is 5. The molecule has 0 radical (unpaired) electrons. The number of benzene rings is 4. The molecule has 0 saturated carbocycles. The molecule has 0 bridgehead atoms. The van der Waals surface area contributed by atoms with Crippen LogP contribution in [0.3, 0.4) is 0 Å². The molecule has 4 aromatic carbocycles. The highest BCUT2D eigenvalue weighted by Crippen LogP contribution is 2.49. The third-order valence-corrected chi connectivity index (χ3v) is 10.3. The van der Waals surface area contributed by atoms with Crippen LogP contribution in [0.1, 0.15) is 48.2 Å². The lowest BCUT2D eigenvalue weighted by Crippen LogP contribution is -2.48. The summed E-state index contributed by atoms with van der Waals surface area (Å²) >= 11 is 6.64. The van der Waals surface area contributed by atoms with E-state index in [1.807, 2.05) is 38.1 Å². The number of nitrogens with one attached hydrogen (secondary N) is 1. The smallest absolute Gasteiger partial charge is 0.291 e. The summed E-state index contributed by atoms with van der Waals surface area (Å²) in [4.78, 5) is 20.2. The van der Waals surface area contributed by atoms with Crippen LogP contribution < -0.4 is 10.2 Å². The van der Waals surface area contributed by atoms with E-state index in [1.165, 1.54) is 24.3 Å². The molecular formula is C34H27ClFN5O3S. The summed E-state index contributed by atoms with van der Waals surface area (Å²) < 4.78 is 44.0. The highest BCUT2D eigenvalue weighted by Gasteiger charge is 2.44. The number of fused-ring (bicyclic) bond motifs is 4. The zero-order valence-corrected chi connectivity index (χ0v) is 26.1. The van der Waals surface area contributed by atoms with E-state index in [4.69, 9.17) is 21.7 Å². The molecule has 226 valence electrons. The van der Waals surface area contributed by atoms with Gasteiger partial charge in [-0.05, 0) is 79.1 Å². The van der Waals surface area contributed by atoms with Crippen LogP contribution in [0.15, 0.2) is 106 Å². The second-order valence-electron chi connectivity index (χ2n) is 11.3. The van der Waals surface area contributed by atoms with Gasteiger partial charge in [-0.1, -0.05) is 55.8 Å². The first-order valence-electron chi connectivity index (χ1n) is 14.3. The number of amides is 1. The maximum atomic E-state index is 15.6. The van der Waals surface area contributed by atoms with Crippen LogP contribution in [0.4, 0.5) is 21.6 Å². The van der Waals surface area contributed by atoms with Crippen LogP contribution in [0.5, 0.6) is 0 Å². The maximum absolute atomic E-state index is 15.6. The van der Waals surface area contributed by atoms with Crippen molar-refractivity contribution in [3.63, 3.8) is 0 Å². The van der Waals surface area contributed by atoms with Crippen LogP contribution in [0.25, 0.3) is 5.69 Å². The molecule has 45 heavy (non-hydrogen) atoms. The number of aryl methyl sites for hydroxylation is 1. The van der Waals surface area contributed by atoms with Crippen molar-refractivity contribution in [2.75, 3.05) is 10.2 Å². The molecule has 1 atom stereocenters. The summed E-state index contributed by atoms with van der Waals surface area (Å²) in [6.07, 6.45) is 0. The Morgan fingerprint density at radius 2 is 1.56 bits per heavy atom. The van der Waals surface area contributed by atoms with Gasteiger partial charge < -0.3 is 10.2 Å². The molecule has 0 fully saturated rings. The van der Waals surface area contributed by atoms with E-state index >= 15 is 4.39 Å². The normalized spacial score (nSPS) is 15.7. The molecule has 0 spiro atoms. The van der Waals surface area contributed by atoms with E-state index in [1.54, 1.807) is 59.0 Å². The number of aromatic nitrogens is 2. The number of amidine groups is 1. The van der Waals surface area contributed by atoms with Crippen molar-refractivity contribution in [1.82, 2.24) is 9.78 Å². The van der Waals surface area contributed by atoms with Crippen molar-refractivity contribution >= 4 is 50.4 Å². The van der Waals surface area contributed by atoms with E-state index in [9.17, 15) is 13.2 Å². The second-order valence-corrected chi connectivity index (χ2v) is 13.6. The number of anilines is 2. The molecule has 1 amide bonds. The molecule has 0 saturated heterocycles. The molecule has 3 heterocycles. The Balaban J connectivity index is 1.37. The van der Waals surface area contributed by atoms with Gasteiger partial charge in [0, 0.05) is 16.1 Å². The number of nitrogens with zero attached hydrogens (tertiary/aromatic N) is 4. The number of aliphatic imine (C=N–C) groups is 1. The van der Waals surface area contributed by atoms with Gasteiger partial charge in [0.2, 0.25) is 15.7 Å². The lowest BCUT2D eigenvalue weighted by Gasteiger charge is -2.40. The van der Waals surface area contributed by atoms with Gasteiger partial charge in [-0.3, -0.25) is 4.79 Å². The Hall–Kier alpha value is -4.80. The quantitative estimate of drug-likeness (QED) is 0.215. The number of halogens is 2. The highest BCUT2D eigenvalue weighted by molar-refractivity contribution is 7.91. The molecule has 5 aromatic rings. The number of carbonyl (C=O) groups excluding carboxylic acids is 1. The van der Waals surface area contributed by atoms with E-state index in [0.717, 1.165) is 5.56 Å². The number of carbonyl (C=O) groups is 1. The average Bonchev–Trinajstić information content (AvgIpc) is 3.36.